The molecule has 0 aliphatic carbocycles. The van der Waals surface area contributed by atoms with Crippen LogP contribution in [0.15, 0.2) is 36.7 Å². The number of amides is 1. The molecule has 0 spiro atoms. The number of carbonyl (C=O) groups is 1. The number of ether oxygens (including phenoxy) is 2. The Hall–Kier alpha value is -2.34. The Balaban J connectivity index is 1.77. The monoisotopic (exact) mass is 343 g/mol. The van der Waals surface area contributed by atoms with Gasteiger partial charge in [0.1, 0.15) is 17.6 Å². The number of hydrogen-bond donors (Lipinski definition) is 1. The third kappa shape index (κ3) is 4.20. The van der Waals surface area contributed by atoms with E-state index in [-0.39, 0.29) is 18.1 Å². The molecule has 0 bridgehead atoms. The maximum Gasteiger partial charge on any atom is 0.220 e. The third-order valence-electron chi connectivity index (χ3n) is 4.59. The Morgan fingerprint density at radius 1 is 1.48 bits per heavy atom. The van der Waals surface area contributed by atoms with Crippen molar-refractivity contribution >= 4 is 5.91 Å². The van der Waals surface area contributed by atoms with E-state index in [0.29, 0.717) is 6.42 Å². The molecular weight excluding hydrogens is 318 g/mol. The highest BCUT2D eigenvalue weighted by atomic mass is 16.5. The van der Waals surface area contributed by atoms with Crippen molar-refractivity contribution in [2.75, 3.05) is 13.7 Å². The fourth-order valence-corrected chi connectivity index (χ4v) is 3.24. The summed E-state index contributed by atoms with van der Waals surface area (Å²) >= 11 is 0. The van der Waals surface area contributed by atoms with Crippen molar-refractivity contribution in [3.05, 3.63) is 48.0 Å². The normalized spacial score (nSPS) is 18.1. The molecule has 0 saturated carbocycles. The van der Waals surface area contributed by atoms with Crippen LogP contribution in [0.3, 0.4) is 0 Å². The third-order valence-corrected chi connectivity index (χ3v) is 4.59. The van der Waals surface area contributed by atoms with E-state index >= 15 is 0 Å². The zero-order valence-corrected chi connectivity index (χ0v) is 14.8. The first-order chi connectivity index (χ1) is 12.2. The van der Waals surface area contributed by atoms with Gasteiger partial charge < -0.3 is 19.4 Å². The Bertz CT molecular complexity index is 707. The standard InChI is InChI=1S/C19H25N3O3/c1-22-12-11-20-19(22)18(15-7-3-4-8-16(15)24-2)21-17(23)10-9-14-6-5-13-25-14/h3-4,7-8,11-12,14,18H,5-6,9-10,13H2,1-2H3,(H,21,23). The van der Waals surface area contributed by atoms with Crippen LogP contribution in [-0.2, 0) is 16.6 Å². The Morgan fingerprint density at radius 2 is 2.32 bits per heavy atom. The predicted molar refractivity (Wildman–Crippen MR) is 94.4 cm³/mol. The smallest absolute Gasteiger partial charge is 0.220 e. The first-order valence-electron chi connectivity index (χ1n) is 8.70. The molecule has 1 amide bonds. The van der Waals surface area contributed by atoms with Gasteiger partial charge in [-0.1, -0.05) is 18.2 Å². The van der Waals surface area contributed by atoms with Gasteiger partial charge in [-0.05, 0) is 25.3 Å². The number of imidazole rings is 1. The molecule has 1 aromatic carbocycles. The number of carbonyl (C=O) groups excluding carboxylic acids is 1. The zero-order chi connectivity index (χ0) is 17.6. The zero-order valence-electron chi connectivity index (χ0n) is 14.8. The minimum Gasteiger partial charge on any atom is -0.496 e. The molecule has 1 aliphatic rings. The molecule has 2 heterocycles. The van der Waals surface area contributed by atoms with Gasteiger partial charge in [-0.2, -0.15) is 0 Å². The number of benzene rings is 1. The van der Waals surface area contributed by atoms with Crippen LogP contribution in [0.25, 0.3) is 0 Å². The fraction of sp³-hybridized carbons (Fsp3) is 0.474. The van der Waals surface area contributed by atoms with Crippen LogP contribution >= 0.6 is 0 Å². The van der Waals surface area contributed by atoms with Crippen molar-refractivity contribution in [2.24, 2.45) is 7.05 Å². The van der Waals surface area contributed by atoms with Gasteiger partial charge in [0, 0.05) is 38.0 Å². The van der Waals surface area contributed by atoms with Crippen molar-refractivity contribution in [3.8, 4) is 5.75 Å². The van der Waals surface area contributed by atoms with Crippen molar-refractivity contribution < 1.29 is 14.3 Å². The number of aryl methyl sites for hydroxylation is 1. The summed E-state index contributed by atoms with van der Waals surface area (Å²) < 4.78 is 13.0. The minimum absolute atomic E-state index is 0.00518. The molecule has 3 rings (SSSR count). The summed E-state index contributed by atoms with van der Waals surface area (Å²) in [5.74, 6) is 1.50. The van der Waals surface area contributed by atoms with E-state index in [4.69, 9.17) is 9.47 Å². The maximum absolute atomic E-state index is 12.5. The molecule has 2 unspecified atom stereocenters. The fourth-order valence-electron chi connectivity index (χ4n) is 3.24. The number of rotatable bonds is 7. The van der Waals surface area contributed by atoms with Gasteiger partial charge in [0.25, 0.3) is 0 Å². The first-order valence-corrected chi connectivity index (χ1v) is 8.70. The summed E-state index contributed by atoms with van der Waals surface area (Å²) in [6.45, 7) is 0.809. The average molecular weight is 343 g/mol. The van der Waals surface area contributed by atoms with E-state index in [9.17, 15) is 4.79 Å². The highest BCUT2D eigenvalue weighted by Crippen LogP contribution is 2.29. The molecule has 1 saturated heterocycles. The van der Waals surface area contributed by atoms with Crippen LogP contribution in [0.2, 0.25) is 0 Å². The Kier molecular flexibility index (Phi) is 5.71. The summed E-state index contributed by atoms with van der Waals surface area (Å²) in [4.78, 5) is 17.0. The van der Waals surface area contributed by atoms with Gasteiger partial charge in [-0.3, -0.25) is 4.79 Å². The van der Waals surface area contributed by atoms with Crippen molar-refractivity contribution in [1.29, 1.82) is 0 Å². The second-order valence-corrected chi connectivity index (χ2v) is 6.31. The summed E-state index contributed by atoms with van der Waals surface area (Å²) in [7, 11) is 3.55. The lowest BCUT2D eigenvalue weighted by atomic mass is 10.0. The largest absolute Gasteiger partial charge is 0.496 e. The van der Waals surface area contributed by atoms with Gasteiger partial charge in [-0.25, -0.2) is 4.98 Å². The quantitative estimate of drug-likeness (QED) is 0.839. The highest BCUT2D eigenvalue weighted by Gasteiger charge is 2.24. The summed E-state index contributed by atoms with van der Waals surface area (Å²) in [5.41, 5.74) is 0.893. The second-order valence-electron chi connectivity index (χ2n) is 6.31. The molecule has 1 aliphatic heterocycles. The van der Waals surface area contributed by atoms with Crippen LogP contribution in [0, 0.1) is 0 Å². The van der Waals surface area contributed by atoms with Gasteiger partial charge in [0.2, 0.25) is 5.91 Å². The topological polar surface area (TPSA) is 65.4 Å². The van der Waals surface area contributed by atoms with Gasteiger partial charge in [0.15, 0.2) is 0 Å². The summed E-state index contributed by atoms with van der Waals surface area (Å²) in [5, 5.41) is 3.12. The van der Waals surface area contributed by atoms with Crippen LogP contribution in [0.5, 0.6) is 5.75 Å². The van der Waals surface area contributed by atoms with E-state index in [0.717, 1.165) is 43.0 Å². The summed E-state index contributed by atoms with van der Waals surface area (Å²) in [6.07, 6.45) is 7.15. The minimum atomic E-state index is -0.354. The van der Waals surface area contributed by atoms with Gasteiger partial charge in [0.05, 0.1) is 13.2 Å². The second kappa shape index (κ2) is 8.16. The van der Waals surface area contributed by atoms with Crippen LogP contribution < -0.4 is 10.1 Å². The van der Waals surface area contributed by atoms with E-state index in [1.807, 2.05) is 42.1 Å². The molecular formula is C19H25N3O3. The molecule has 0 radical (unpaired) electrons. The molecule has 1 fully saturated rings. The SMILES string of the molecule is COc1ccccc1C(NC(=O)CCC1CCCO1)c1nccn1C. The number of aromatic nitrogens is 2. The molecule has 1 aromatic heterocycles. The highest BCUT2D eigenvalue weighted by molar-refractivity contribution is 5.77. The van der Waals surface area contributed by atoms with Crippen LogP contribution in [0.1, 0.15) is 43.1 Å². The number of methoxy groups -OCH3 is 1. The van der Waals surface area contributed by atoms with E-state index in [1.165, 1.54) is 0 Å². The maximum atomic E-state index is 12.5. The van der Waals surface area contributed by atoms with Crippen LogP contribution in [-0.4, -0.2) is 35.3 Å². The Morgan fingerprint density at radius 3 is 3.00 bits per heavy atom. The van der Waals surface area contributed by atoms with E-state index < -0.39 is 0 Å². The number of nitrogens with one attached hydrogen (secondary N) is 1. The summed E-state index contributed by atoms with van der Waals surface area (Å²) in [6, 6.07) is 7.35. The average Bonchev–Trinajstić information content (AvgIpc) is 3.29. The van der Waals surface area contributed by atoms with E-state index in [1.54, 1.807) is 13.3 Å². The Labute approximate surface area is 148 Å². The first kappa shape index (κ1) is 17.5. The van der Waals surface area contributed by atoms with Crippen LogP contribution in [0.4, 0.5) is 0 Å². The van der Waals surface area contributed by atoms with Gasteiger partial charge >= 0.3 is 0 Å². The number of nitrogens with zero attached hydrogens (tertiary/aromatic N) is 2. The van der Waals surface area contributed by atoms with Crippen molar-refractivity contribution in [1.82, 2.24) is 14.9 Å². The van der Waals surface area contributed by atoms with Gasteiger partial charge in [-0.15, -0.1) is 0 Å². The van der Waals surface area contributed by atoms with Crippen molar-refractivity contribution in [3.63, 3.8) is 0 Å². The van der Waals surface area contributed by atoms with Crippen molar-refractivity contribution in [2.45, 2.75) is 37.8 Å². The molecule has 25 heavy (non-hydrogen) atoms. The number of para-hydroxylation sites is 1. The lowest BCUT2D eigenvalue weighted by molar-refractivity contribution is -0.122. The number of hydrogen-bond acceptors (Lipinski definition) is 4. The molecule has 6 nitrogen and oxygen atoms in total. The molecule has 1 N–H and O–H groups in total. The molecule has 2 aromatic rings. The molecule has 2 atom stereocenters. The predicted octanol–water partition coefficient (Wildman–Crippen LogP) is 2.59. The lowest BCUT2D eigenvalue weighted by Gasteiger charge is -2.21. The lowest BCUT2D eigenvalue weighted by Crippen LogP contribution is -2.31. The van der Waals surface area contributed by atoms with E-state index in [2.05, 4.69) is 10.3 Å². The molecule has 6 heteroatoms. The molecule has 134 valence electrons.